The summed E-state index contributed by atoms with van der Waals surface area (Å²) in [4.78, 5) is 25.8. The van der Waals surface area contributed by atoms with E-state index in [1.807, 2.05) is 30.3 Å². The Morgan fingerprint density at radius 3 is 2.62 bits per heavy atom. The number of hydrogen-bond donors (Lipinski definition) is 2. The number of nitrogens with one attached hydrogen (secondary N) is 2. The minimum atomic E-state index is -0.321. The lowest BCUT2D eigenvalue weighted by molar-refractivity contribution is -0.140. The van der Waals surface area contributed by atoms with Crippen molar-refractivity contribution >= 4 is 29.9 Å². The largest absolute Gasteiger partial charge is 0.376 e. The number of halogens is 1. The van der Waals surface area contributed by atoms with Crippen molar-refractivity contribution in [3.05, 3.63) is 30.3 Å². The average molecular weight is 312 g/mol. The Bertz CT molecular complexity index is 467. The zero-order valence-corrected chi connectivity index (χ0v) is 13.0. The van der Waals surface area contributed by atoms with E-state index in [1.54, 1.807) is 11.9 Å². The van der Waals surface area contributed by atoms with Crippen LogP contribution in [0.4, 0.5) is 5.69 Å². The van der Waals surface area contributed by atoms with Crippen molar-refractivity contribution in [1.82, 2.24) is 10.2 Å². The fourth-order valence-corrected chi connectivity index (χ4v) is 2.50. The van der Waals surface area contributed by atoms with E-state index in [4.69, 9.17) is 0 Å². The molecule has 1 aliphatic heterocycles. The predicted molar refractivity (Wildman–Crippen MR) is 85.6 cm³/mol. The Morgan fingerprint density at radius 1 is 1.24 bits per heavy atom. The third kappa shape index (κ3) is 4.63. The summed E-state index contributed by atoms with van der Waals surface area (Å²) in [5.74, 6) is -0.0973. The molecular formula is C15H22ClN3O2. The molecule has 116 valence electrons. The van der Waals surface area contributed by atoms with E-state index in [0.29, 0.717) is 6.54 Å². The molecule has 2 rings (SSSR count). The highest BCUT2D eigenvalue weighted by molar-refractivity contribution is 5.89. The Morgan fingerprint density at radius 2 is 1.95 bits per heavy atom. The van der Waals surface area contributed by atoms with Crippen LogP contribution in [0.25, 0.3) is 0 Å². The van der Waals surface area contributed by atoms with Crippen LogP contribution in [-0.2, 0) is 9.59 Å². The third-order valence-electron chi connectivity index (χ3n) is 3.59. The van der Waals surface area contributed by atoms with Gasteiger partial charge in [-0.1, -0.05) is 18.2 Å². The Labute approximate surface area is 131 Å². The van der Waals surface area contributed by atoms with Crippen LogP contribution in [0.15, 0.2) is 30.3 Å². The maximum atomic E-state index is 12.3. The van der Waals surface area contributed by atoms with Gasteiger partial charge in [-0.3, -0.25) is 9.59 Å². The standard InChI is InChI=1S/C15H21N3O2.ClH/c1-16-15(20)13-9-5-6-10-18(13)14(19)11-17-12-7-3-2-4-8-12;/h2-4,7-8,13,17H,5-6,9-11H2,1H3,(H,16,20);1H. The van der Waals surface area contributed by atoms with Gasteiger partial charge >= 0.3 is 0 Å². The van der Waals surface area contributed by atoms with E-state index < -0.39 is 0 Å². The second-order valence-corrected chi connectivity index (χ2v) is 4.93. The third-order valence-corrected chi connectivity index (χ3v) is 3.59. The number of benzene rings is 1. The fourth-order valence-electron chi connectivity index (χ4n) is 2.50. The van der Waals surface area contributed by atoms with E-state index >= 15 is 0 Å². The lowest BCUT2D eigenvalue weighted by atomic mass is 10.0. The van der Waals surface area contributed by atoms with Crippen molar-refractivity contribution in [1.29, 1.82) is 0 Å². The average Bonchev–Trinajstić information content (AvgIpc) is 2.52. The molecule has 1 saturated heterocycles. The van der Waals surface area contributed by atoms with Crippen molar-refractivity contribution in [2.75, 3.05) is 25.5 Å². The maximum absolute atomic E-state index is 12.3. The zero-order chi connectivity index (χ0) is 14.4. The molecule has 1 atom stereocenters. The highest BCUT2D eigenvalue weighted by atomic mass is 35.5. The van der Waals surface area contributed by atoms with Crippen LogP contribution in [-0.4, -0.2) is 42.9 Å². The number of carbonyl (C=O) groups is 2. The first-order valence-electron chi connectivity index (χ1n) is 7.02. The summed E-state index contributed by atoms with van der Waals surface area (Å²) in [5, 5.41) is 5.74. The normalized spacial score (nSPS) is 17.6. The van der Waals surface area contributed by atoms with Crippen LogP contribution >= 0.6 is 12.4 Å². The molecule has 1 aliphatic rings. The summed E-state index contributed by atoms with van der Waals surface area (Å²) in [6.45, 7) is 0.880. The van der Waals surface area contributed by atoms with Gasteiger partial charge in [0.15, 0.2) is 0 Å². The first-order chi connectivity index (χ1) is 9.72. The van der Waals surface area contributed by atoms with Crippen molar-refractivity contribution in [2.45, 2.75) is 25.3 Å². The van der Waals surface area contributed by atoms with Crippen LogP contribution < -0.4 is 10.6 Å². The second-order valence-electron chi connectivity index (χ2n) is 4.93. The number of piperidine rings is 1. The zero-order valence-electron chi connectivity index (χ0n) is 12.2. The quantitative estimate of drug-likeness (QED) is 0.889. The molecule has 1 aromatic carbocycles. The monoisotopic (exact) mass is 311 g/mol. The smallest absolute Gasteiger partial charge is 0.242 e. The highest BCUT2D eigenvalue weighted by Crippen LogP contribution is 2.17. The molecule has 2 amide bonds. The molecule has 1 heterocycles. The molecule has 1 fully saturated rings. The van der Waals surface area contributed by atoms with Gasteiger partial charge < -0.3 is 15.5 Å². The molecule has 6 heteroatoms. The summed E-state index contributed by atoms with van der Waals surface area (Å²) in [6, 6.07) is 9.28. The van der Waals surface area contributed by atoms with E-state index in [2.05, 4.69) is 10.6 Å². The van der Waals surface area contributed by atoms with Crippen molar-refractivity contribution in [3.63, 3.8) is 0 Å². The van der Waals surface area contributed by atoms with E-state index in [9.17, 15) is 9.59 Å². The van der Waals surface area contributed by atoms with Crippen molar-refractivity contribution in [2.24, 2.45) is 0 Å². The number of likely N-dealkylation sites (N-methyl/N-ethyl adjacent to an activating group) is 1. The van der Waals surface area contributed by atoms with Gasteiger partial charge in [0.2, 0.25) is 11.8 Å². The van der Waals surface area contributed by atoms with Gasteiger partial charge in [-0.2, -0.15) is 0 Å². The molecule has 0 bridgehead atoms. The van der Waals surface area contributed by atoms with Gasteiger partial charge in [0.25, 0.3) is 0 Å². The number of anilines is 1. The summed E-state index contributed by atoms with van der Waals surface area (Å²) in [5.41, 5.74) is 0.911. The number of likely N-dealkylation sites (tertiary alicyclic amines) is 1. The molecule has 5 nitrogen and oxygen atoms in total. The Balaban J connectivity index is 0.00000220. The van der Waals surface area contributed by atoms with Gasteiger partial charge in [-0.15, -0.1) is 12.4 Å². The van der Waals surface area contributed by atoms with E-state index in [1.165, 1.54) is 0 Å². The summed E-state index contributed by atoms with van der Waals surface area (Å²) in [7, 11) is 1.61. The second kappa shape index (κ2) is 8.52. The topological polar surface area (TPSA) is 61.4 Å². The molecule has 0 radical (unpaired) electrons. The van der Waals surface area contributed by atoms with Gasteiger partial charge in [-0.05, 0) is 31.4 Å². The molecular weight excluding hydrogens is 290 g/mol. The van der Waals surface area contributed by atoms with E-state index in [0.717, 1.165) is 24.9 Å². The molecule has 0 aromatic heterocycles. The van der Waals surface area contributed by atoms with Crippen LogP contribution in [0.3, 0.4) is 0 Å². The van der Waals surface area contributed by atoms with Gasteiger partial charge in [0.1, 0.15) is 6.04 Å². The Kier molecular flexibility index (Phi) is 7.02. The highest BCUT2D eigenvalue weighted by Gasteiger charge is 2.31. The molecule has 2 N–H and O–H groups in total. The lowest BCUT2D eigenvalue weighted by Gasteiger charge is -2.34. The molecule has 0 aliphatic carbocycles. The summed E-state index contributed by atoms with van der Waals surface area (Å²) < 4.78 is 0. The molecule has 0 saturated carbocycles. The molecule has 1 unspecified atom stereocenters. The van der Waals surface area contributed by atoms with E-state index in [-0.39, 0.29) is 36.8 Å². The number of carbonyl (C=O) groups excluding carboxylic acids is 2. The molecule has 21 heavy (non-hydrogen) atoms. The lowest BCUT2D eigenvalue weighted by Crippen LogP contribution is -2.52. The van der Waals surface area contributed by atoms with Gasteiger partial charge in [-0.25, -0.2) is 0 Å². The SMILES string of the molecule is CNC(=O)C1CCCCN1C(=O)CNc1ccccc1.Cl. The predicted octanol–water partition coefficient (Wildman–Crippen LogP) is 1.65. The number of rotatable bonds is 4. The maximum Gasteiger partial charge on any atom is 0.242 e. The minimum absolute atomic E-state index is 0. The summed E-state index contributed by atoms with van der Waals surface area (Å²) in [6.07, 6.45) is 2.70. The minimum Gasteiger partial charge on any atom is -0.376 e. The first kappa shape index (κ1) is 17.3. The first-order valence-corrected chi connectivity index (χ1v) is 7.02. The van der Waals surface area contributed by atoms with Gasteiger partial charge in [0.05, 0.1) is 6.54 Å². The number of para-hydroxylation sites is 1. The van der Waals surface area contributed by atoms with Crippen LogP contribution in [0, 0.1) is 0 Å². The number of nitrogens with zero attached hydrogens (tertiary/aromatic N) is 1. The van der Waals surface area contributed by atoms with Crippen LogP contribution in [0.2, 0.25) is 0 Å². The number of amides is 2. The molecule has 1 aromatic rings. The van der Waals surface area contributed by atoms with Crippen molar-refractivity contribution < 1.29 is 9.59 Å². The fraction of sp³-hybridized carbons (Fsp3) is 0.467. The molecule has 0 spiro atoms. The summed E-state index contributed by atoms with van der Waals surface area (Å²) >= 11 is 0. The van der Waals surface area contributed by atoms with Crippen LogP contribution in [0.1, 0.15) is 19.3 Å². The van der Waals surface area contributed by atoms with Crippen molar-refractivity contribution in [3.8, 4) is 0 Å². The van der Waals surface area contributed by atoms with Crippen LogP contribution in [0.5, 0.6) is 0 Å². The van der Waals surface area contributed by atoms with Gasteiger partial charge in [0, 0.05) is 19.3 Å². The number of hydrogen-bond acceptors (Lipinski definition) is 3. The Hall–Kier alpha value is -1.75.